The van der Waals surface area contributed by atoms with Gasteiger partial charge in [0.05, 0.1) is 5.92 Å². The predicted molar refractivity (Wildman–Crippen MR) is 72.0 cm³/mol. The molecule has 2 atom stereocenters. The van der Waals surface area contributed by atoms with Crippen molar-refractivity contribution in [2.24, 2.45) is 5.92 Å². The van der Waals surface area contributed by atoms with Gasteiger partial charge in [0.1, 0.15) is 11.5 Å². The summed E-state index contributed by atoms with van der Waals surface area (Å²) in [5.41, 5.74) is 0.726. The van der Waals surface area contributed by atoms with Gasteiger partial charge in [0.15, 0.2) is 0 Å². The summed E-state index contributed by atoms with van der Waals surface area (Å²) in [5.74, 6) is -2.56. The molecule has 0 spiro atoms. The minimum atomic E-state index is -0.986. The average molecular weight is 278 g/mol. The number of hydrogen-bond acceptors (Lipinski definition) is 2. The van der Waals surface area contributed by atoms with E-state index in [0.717, 1.165) is 0 Å². The number of rotatable bonds is 4. The first-order valence-corrected chi connectivity index (χ1v) is 6.21. The van der Waals surface area contributed by atoms with Crippen LogP contribution in [0.25, 0.3) is 10.9 Å². The molecular formula is C14H15FN2O3. The molecule has 0 aliphatic rings. The van der Waals surface area contributed by atoms with Crippen molar-refractivity contribution in [3.8, 4) is 0 Å². The number of aromatic amines is 1. The van der Waals surface area contributed by atoms with E-state index in [2.05, 4.69) is 10.3 Å². The lowest BCUT2D eigenvalue weighted by Crippen LogP contribution is -2.40. The van der Waals surface area contributed by atoms with E-state index in [-0.39, 0.29) is 5.69 Å². The molecule has 0 fully saturated rings. The molecule has 20 heavy (non-hydrogen) atoms. The zero-order chi connectivity index (χ0) is 14.9. The first-order chi connectivity index (χ1) is 9.40. The summed E-state index contributed by atoms with van der Waals surface area (Å²) in [6, 6.07) is 5.41. The fourth-order valence-electron chi connectivity index (χ4n) is 1.86. The van der Waals surface area contributed by atoms with Crippen LogP contribution in [0.2, 0.25) is 0 Å². The van der Waals surface area contributed by atoms with Crippen LogP contribution in [0.1, 0.15) is 24.3 Å². The third-order valence-corrected chi connectivity index (χ3v) is 3.35. The highest BCUT2D eigenvalue weighted by molar-refractivity contribution is 5.98. The molecular weight excluding hydrogens is 263 g/mol. The Morgan fingerprint density at radius 3 is 2.65 bits per heavy atom. The molecule has 1 amide bonds. The third-order valence-electron chi connectivity index (χ3n) is 3.35. The highest BCUT2D eigenvalue weighted by Gasteiger charge is 2.22. The van der Waals surface area contributed by atoms with Crippen molar-refractivity contribution in [2.45, 2.75) is 19.9 Å². The van der Waals surface area contributed by atoms with Crippen molar-refractivity contribution >= 4 is 22.8 Å². The van der Waals surface area contributed by atoms with Crippen LogP contribution in [-0.4, -0.2) is 28.0 Å². The largest absolute Gasteiger partial charge is 0.481 e. The molecule has 0 saturated heterocycles. The van der Waals surface area contributed by atoms with E-state index >= 15 is 0 Å². The quantitative estimate of drug-likeness (QED) is 0.801. The summed E-state index contributed by atoms with van der Waals surface area (Å²) in [6.07, 6.45) is 0. The van der Waals surface area contributed by atoms with E-state index in [1.807, 2.05) is 0 Å². The topological polar surface area (TPSA) is 82.2 Å². The van der Waals surface area contributed by atoms with Crippen LogP contribution in [0, 0.1) is 11.7 Å². The van der Waals surface area contributed by atoms with Gasteiger partial charge in [-0.15, -0.1) is 0 Å². The van der Waals surface area contributed by atoms with Crippen molar-refractivity contribution in [1.29, 1.82) is 0 Å². The van der Waals surface area contributed by atoms with Crippen molar-refractivity contribution in [2.75, 3.05) is 0 Å². The van der Waals surface area contributed by atoms with Crippen LogP contribution in [0.4, 0.5) is 4.39 Å². The van der Waals surface area contributed by atoms with E-state index in [9.17, 15) is 14.0 Å². The number of nitrogens with one attached hydrogen (secondary N) is 2. The average Bonchev–Trinajstić information content (AvgIpc) is 2.83. The van der Waals surface area contributed by atoms with Gasteiger partial charge in [0.25, 0.3) is 5.91 Å². The summed E-state index contributed by atoms with van der Waals surface area (Å²) in [4.78, 5) is 25.7. The molecule has 106 valence electrons. The molecule has 2 rings (SSSR count). The van der Waals surface area contributed by atoms with Gasteiger partial charge in [-0.05, 0) is 32.0 Å². The van der Waals surface area contributed by atoms with E-state index in [1.54, 1.807) is 19.1 Å². The van der Waals surface area contributed by atoms with Crippen molar-refractivity contribution in [1.82, 2.24) is 10.3 Å². The molecule has 2 aromatic rings. The molecule has 2 unspecified atom stereocenters. The molecule has 1 heterocycles. The van der Waals surface area contributed by atoms with Gasteiger partial charge in [-0.25, -0.2) is 4.39 Å². The maximum Gasteiger partial charge on any atom is 0.308 e. The van der Waals surface area contributed by atoms with E-state index in [4.69, 9.17) is 5.11 Å². The number of carboxylic acids is 1. The Balaban J connectivity index is 2.19. The Morgan fingerprint density at radius 2 is 2.05 bits per heavy atom. The van der Waals surface area contributed by atoms with E-state index < -0.39 is 29.7 Å². The standard InChI is InChI=1S/C14H15FN2O3/c1-7(14(19)20)8(2)16-13(18)12-6-9-10(15)4-3-5-11(9)17-12/h3-8,17H,1-2H3,(H,16,18)(H,19,20). The Labute approximate surface area is 114 Å². The summed E-state index contributed by atoms with van der Waals surface area (Å²) < 4.78 is 13.5. The number of fused-ring (bicyclic) bond motifs is 1. The number of carbonyl (C=O) groups excluding carboxylic acids is 1. The number of hydrogen-bond donors (Lipinski definition) is 3. The maximum absolute atomic E-state index is 13.5. The highest BCUT2D eigenvalue weighted by Crippen LogP contribution is 2.18. The number of carboxylic acid groups (broad SMARTS) is 1. The van der Waals surface area contributed by atoms with Crippen LogP contribution in [-0.2, 0) is 4.79 Å². The number of carbonyl (C=O) groups is 2. The Kier molecular flexibility index (Phi) is 3.74. The van der Waals surface area contributed by atoms with Crippen LogP contribution in [0.15, 0.2) is 24.3 Å². The normalized spacial score (nSPS) is 13.9. The van der Waals surface area contributed by atoms with Gasteiger partial charge in [-0.1, -0.05) is 6.07 Å². The van der Waals surface area contributed by atoms with Gasteiger partial charge < -0.3 is 15.4 Å². The van der Waals surface area contributed by atoms with Crippen LogP contribution < -0.4 is 5.32 Å². The first kappa shape index (κ1) is 14.0. The predicted octanol–water partition coefficient (Wildman–Crippen LogP) is 2.15. The third kappa shape index (κ3) is 2.64. The van der Waals surface area contributed by atoms with Gasteiger partial charge in [0, 0.05) is 16.9 Å². The molecule has 6 heteroatoms. The molecule has 0 saturated carbocycles. The van der Waals surface area contributed by atoms with E-state index in [1.165, 1.54) is 19.1 Å². The van der Waals surface area contributed by atoms with Gasteiger partial charge in [-0.3, -0.25) is 9.59 Å². The molecule has 0 aliphatic heterocycles. The van der Waals surface area contributed by atoms with Crippen molar-refractivity contribution < 1.29 is 19.1 Å². The molecule has 0 radical (unpaired) electrons. The first-order valence-electron chi connectivity index (χ1n) is 6.21. The molecule has 3 N–H and O–H groups in total. The monoisotopic (exact) mass is 278 g/mol. The number of halogens is 1. The number of H-pyrrole nitrogens is 1. The SMILES string of the molecule is CC(NC(=O)c1cc2c(F)cccc2[nH]1)C(C)C(=O)O. The Hall–Kier alpha value is -2.37. The lowest BCUT2D eigenvalue weighted by Gasteiger charge is -2.17. The highest BCUT2D eigenvalue weighted by atomic mass is 19.1. The molecule has 5 nitrogen and oxygen atoms in total. The minimum Gasteiger partial charge on any atom is -0.481 e. The second-order valence-electron chi connectivity index (χ2n) is 4.77. The van der Waals surface area contributed by atoms with Crippen LogP contribution in [0.5, 0.6) is 0 Å². The molecule has 1 aromatic heterocycles. The van der Waals surface area contributed by atoms with Crippen molar-refractivity contribution in [3.05, 3.63) is 35.8 Å². The fourth-order valence-corrected chi connectivity index (χ4v) is 1.86. The fraction of sp³-hybridized carbons (Fsp3) is 0.286. The second kappa shape index (κ2) is 5.32. The zero-order valence-corrected chi connectivity index (χ0v) is 11.1. The van der Waals surface area contributed by atoms with Gasteiger partial charge >= 0.3 is 5.97 Å². The van der Waals surface area contributed by atoms with Crippen LogP contribution in [0.3, 0.4) is 0 Å². The summed E-state index contributed by atoms with van der Waals surface area (Å²) in [6.45, 7) is 3.12. The summed E-state index contributed by atoms with van der Waals surface area (Å²) in [5, 5.41) is 11.8. The molecule has 0 bridgehead atoms. The number of aliphatic carboxylic acids is 1. The summed E-state index contributed by atoms with van der Waals surface area (Å²) >= 11 is 0. The molecule has 0 aliphatic carbocycles. The van der Waals surface area contributed by atoms with Gasteiger partial charge in [-0.2, -0.15) is 0 Å². The van der Waals surface area contributed by atoms with Gasteiger partial charge in [0.2, 0.25) is 0 Å². The lowest BCUT2D eigenvalue weighted by molar-refractivity contribution is -0.141. The maximum atomic E-state index is 13.5. The number of benzene rings is 1. The minimum absolute atomic E-state index is 0.203. The Bertz CT molecular complexity index is 665. The second-order valence-corrected chi connectivity index (χ2v) is 4.77. The smallest absolute Gasteiger partial charge is 0.308 e. The Morgan fingerprint density at radius 1 is 1.35 bits per heavy atom. The molecule has 1 aromatic carbocycles. The summed E-state index contributed by atoms with van der Waals surface area (Å²) in [7, 11) is 0. The zero-order valence-electron chi connectivity index (χ0n) is 11.1. The number of aromatic nitrogens is 1. The number of amides is 1. The van der Waals surface area contributed by atoms with Crippen LogP contribution >= 0.6 is 0 Å². The van der Waals surface area contributed by atoms with E-state index in [0.29, 0.717) is 10.9 Å². The van der Waals surface area contributed by atoms with Crippen molar-refractivity contribution in [3.63, 3.8) is 0 Å². The lowest BCUT2D eigenvalue weighted by atomic mass is 10.0.